The van der Waals surface area contributed by atoms with E-state index >= 15 is 0 Å². The first-order valence-electron chi connectivity index (χ1n) is 9.63. The Kier molecular flexibility index (Phi) is 4.90. The topological polar surface area (TPSA) is 54.9 Å². The summed E-state index contributed by atoms with van der Waals surface area (Å²) in [5, 5.41) is 15.3. The van der Waals surface area contributed by atoms with Crippen LogP contribution in [0.3, 0.4) is 0 Å². The number of hydrogen-bond donors (Lipinski definition) is 2. The summed E-state index contributed by atoms with van der Waals surface area (Å²) < 4.78 is 15.5. The van der Waals surface area contributed by atoms with Crippen molar-refractivity contribution in [1.29, 1.82) is 0 Å². The van der Waals surface area contributed by atoms with Crippen molar-refractivity contribution >= 4 is 16.3 Å². The molecule has 0 amide bonds. The zero-order valence-electron chi connectivity index (χ0n) is 15.9. The molecule has 3 heterocycles. The minimum atomic E-state index is -0.248. The Bertz CT molecular complexity index is 943. The maximum atomic E-state index is 14.0. The van der Waals surface area contributed by atoms with Crippen LogP contribution in [0.15, 0.2) is 24.3 Å². The highest BCUT2D eigenvalue weighted by molar-refractivity contribution is 7.17. The largest absolute Gasteiger partial charge is 0.492 e. The van der Waals surface area contributed by atoms with Gasteiger partial charge in [-0.3, -0.25) is 0 Å². The van der Waals surface area contributed by atoms with Crippen LogP contribution in [0, 0.1) is 17.7 Å². The number of quaternary nitrogens is 1. The van der Waals surface area contributed by atoms with Crippen molar-refractivity contribution in [2.45, 2.75) is 39.7 Å². The minimum Gasteiger partial charge on any atom is -0.492 e. The molecule has 0 spiro atoms. The van der Waals surface area contributed by atoms with Gasteiger partial charge in [0.05, 0.1) is 13.1 Å². The van der Waals surface area contributed by atoms with E-state index in [4.69, 9.17) is 0 Å². The lowest BCUT2D eigenvalue weighted by Crippen LogP contribution is -3.14. The Balaban J connectivity index is 1.82. The summed E-state index contributed by atoms with van der Waals surface area (Å²) in [6, 6.07) is 6.64. The second kappa shape index (κ2) is 7.20. The number of aryl methyl sites for hydroxylation is 1. The number of hydrogen-bond acceptors (Lipinski definition) is 4. The molecule has 1 aromatic carbocycles. The van der Waals surface area contributed by atoms with Gasteiger partial charge in [0.15, 0.2) is 11.9 Å². The van der Waals surface area contributed by atoms with E-state index < -0.39 is 0 Å². The molecule has 0 saturated carbocycles. The minimum absolute atomic E-state index is 0.121. The molecule has 2 N–H and O–H groups in total. The summed E-state index contributed by atoms with van der Waals surface area (Å²) in [6.45, 7) is 8.54. The van der Waals surface area contributed by atoms with Crippen LogP contribution in [0.4, 0.5) is 4.39 Å². The van der Waals surface area contributed by atoms with E-state index in [1.54, 1.807) is 12.1 Å². The molecule has 0 radical (unpaired) electrons. The summed E-state index contributed by atoms with van der Waals surface area (Å²) in [4.78, 5) is 7.38. The van der Waals surface area contributed by atoms with E-state index in [0.717, 1.165) is 35.8 Å². The highest BCUT2D eigenvalue weighted by Crippen LogP contribution is 2.35. The fourth-order valence-electron chi connectivity index (χ4n) is 4.45. The van der Waals surface area contributed by atoms with E-state index in [1.165, 1.54) is 33.2 Å². The molecule has 1 aliphatic rings. The highest BCUT2D eigenvalue weighted by Gasteiger charge is 2.37. The number of nitrogens with zero attached hydrogens (tertiary/aromatic N) is 3. The normalized spacial score (nSPS) is 24.4. The predicted octanol–water partition coefficient (Wildman–Crippen LogP) is 2.85. The maximum Gasteiger partial charge on any atom is 0.235 e. The quantitative estimate of drug-likeness (QED) is 0.721. The molecular weight excluding hydrogens is 363 g/mol. The van der Waals surface area contributed by atoms with Gasteiger partial charge in [-0.05, 0) is 18.6 Å². The monoisotopic (exact) mass is 389 g/mol. The van der Waals surface area contributed by atoms with Crippen LogP contribution in [-0.2, 0) is 6.42 Å². The molecule has 4 atom stereocenters. The van der Waals surface area contributed by atoms with Crippen LogP contribution in [0.2, 0.25) is 0 Å². The van der Waals surface area contributed by atoms with Crippen LogP contribution < -0.4 is 4.90 Å². The Morgan fingerprint density at radius 3 is 2.70 bits per heavy atom. The molecule has 27 heavy (non-hydrogen) atoms. The number of aromatic hydroxyl groups is 1. The molecule has 2 aromatic heterocycles. The van der Waals surface area contributed by atoms with Crippen LogP contribution in [0.1, 0.15) is 49.5 Å². The van der Waals surface area contributed by atoms with Crippen LogP contribution in [-0.4, -0.2) is 32.8 Å². The summed E-state index contributed by atoms with van der Waals surface area (Å²) in [7, 11) is 0. The van der Waals surface area contributed by atoms with Crippen molar-refractivity contribution in [2.75, 3.05) is 13.1 Å². The Morgan fingerprint density at radius 2 is 2.07 bits per heavy atom. The van der Waals surface area contributed by atoms with E-state index in [0.29, 0.717) is 16.8 Å². The fourth-order valence-corrected chi connectivity index (χ4v) is 5.61. The summed E-state index contributed by atoms with van der Waals surface area (Å²) in [5.74, 6) is 1.79. The lowest BCUT2D eigenvalue weighted by Gasteiger charge is -2.37. The van der Waals surface area contributed by atoms with Crippen molar-refractivity contribution in [1.82, 2.24) is 14.6 Å². The molecule has 1 fully saturated rings. The van der Waals surface area contributed by atoms with Gasteiger partial charge in [-0.1, -0.05) is 44.2 Å². The Hall–Kier alpha value is -1.99. The van der Waals surface area contributed by atoms with Gasteiger partial charge >= 0.3 is 0 Å². The summed E-state index contributed by atoms with van der Waals surface area (Å²) >= 11 is 1.46. The van der Waals surface area contributed by atoms with Gasteiger partial charge in [0.1, 0.15) is 10.7 Å². The third kappa shape index (κ3) is 3.46. The molecule has 7 heteroatoms. The third-order valence-corrected chi connectivity index (χ3v) is 6.52. The van der Waals surface area contributed by atoms with Gasteiger partial charge < -0.3 is 10.0 Å². The molecular formula is C20H26FN4OS+. The van der Waals surface area contributed by atoms with Crippen molar-refractivity contribution in [2.24, 2.45) is 11.8 Å². The number of thiazole rings is 1. The van der Waals surface area contributed by atoms with Gasteiger partial charge in [0.2, 0.25) is 10.8 Å². The summed E-state index contributed by atoms with van der Waals surface area (Å²) in [6.07, 6.45) is 1.93. The number of fused-ring (bicyclic) bond motifs is 1. The molecule has 1 aliphatic heterocycles. The standard InChI is InChI=1S/C20H25FN4OS/c1-4-16-22-20-25(23-16)19(26)18(27-20)17(14-6-5-7-15(21)9-14)24-10-12(2)8-13(3)11-24/h5-7,9,12-13,17,26H,4,8,10-11H2,1-3H3/p+1/t12-,13+,17-/m1/s1. The zero-order chi connectivity index (χ0) is 19.1. The zero-order valence-corrected chi connectivity index (χ0v) is 16.8. The van der Waals surface area contributed by atoms with Crippen LogP contribution >= 0.6 is 11.3 Å². The van der Waals surface area contributed by atoms with Gasteiger partial charge in [-0.15, -0.1) is 5.10 Å². The average molecular weight is 390 g/mol. The molecule has 1 saturated heterocycles. The summed E-state index contributed by atoms with van der Waals surface area (Å²) in [5.41, 5.74) is 0.891. The first-order chi connectivity index (χ1) is 13.0. The number of nitrogens with one attached hydrogen (secondary N) is 1. The molecule has 3 aromatic rings. The van der Waals surface area contributed by atoms with Gasteiger partial charge in [-0.25, -0.2) is 9.37 Å². The maximum absolute atomic E-state index is 14.0. The first kappa shape index (κ1) is 18.4. The predicted molar refractivity (Wildman–Crippen MR) is 104 cm³/mol. The van der Waals surface area contributed by atoms with Crippen molar-refractivity contribution in [3.8, 4) is 5.88 Å². The number of halogens is 1. The number of likely N-dealkylation sites (tertiary alicyclic amines) is 1. The van der Waals surface area contributed by atoms with Crippen LogP contribution in [0.25, 0.3) is 4.96 Å². The molecule has 0 bridgehead atoms. The van der Waals surface area contributed by atoms with Gasteiger partial charge in [0.25, 0.3) is 0 Å². The van der Waals surface area contributed by atoms with E-state index in [1.807, 2.05) is 13.0 Å². The molecule has 4 rings (SSSR count). The Labute approximate surface area is 162 Å². The van der Waals surface area contributed by atoms with Crippen LogP contribution in [0.5, 0.6) is 5.88 Å². The first-order valence-corrected chi connectivity index (χ1v) is 10.4. The van der Waals surface area contributed by atoms with Crippen molar-refractivity contribution in [3.05, 3.63) is 46.3 Å². The van der Waals surface area contributed by atoms with Crippen molar-refractivity contribution in [3.63, 3.8) is 0 Å². The van der Waals surface area contributed by atoms with E-state index in [-0.39, 0.29) is 17.7 Å². The highest BCUT2D eigenvalue weighted by atomic mass is 32.1. The number of rotatable bonds is 4. The lowest BCUT2D eigenvalue weighted by molar-refractivity contribution is -0.936. The van der Waals surface area contributed by atoms with Gasteiger partial charge in [-0.2, -0.15) is 4.52 Å². The Morgan fingerprint density at radius 1 is 1.33 bits per heavy atom. The fraction of sp³-hybridized carbons (Fsp3) is 0.500. The number of aromatic nitrogens is 3. The second-order valence-corrected chi connectivity index (χ2v) is 8.88. The smallest absolute Gasteiger partial charge is 0.235 e. The third-order valence-electron chi connectivity index (χ3n) is 5.44. The number of piperidine rings is 1. The molecule has 0 aliphatic carbocycles. The molecule has 144 valence electrons. The SMILES string of the molecule is CCc1nc2sc([C@@H](c3cccc(F)c3)[NH+]3C[C@H](C)C[C@H](C)C3)c(O)n2n1. The number of benzene rings is 1. The molecule has 5 nitrogen and oxygen atoms in total. The second-order valence-electron chi connectivity index (χ2n) is 7.87. The van der Waals surface area contributed by atoms with E-state index in [2.05, 4.69) is 23.9 Å². The van der Waals surface area contributed by atoms with Gasteiger partial charge in [0, 0.05) is 23.8 Å². The van der Waals surface area contributed by atoms with Crippen molar-refractivity contribution < 1.29 is 14.4 Å². The lowest BCUT2D eigenvalue weighted by atomic mass is 9.89. The van der Waals surface area contributed by atoms with E-state index in [9.17, 15) is 9.50 Å². The molecule has 1 unspecified atom stereocenters. The average Bonchev–Trinajstić information content (AvgIpc) is 3.14.